The van der Waals surface area contributed by atoms with E-state index in [1.54, 1.807) is 0 Å². The van der Waals surface area contributed by atoms with Crippen LogP contribution in [0, 0.1) is 0 Å². The molecule has 0 bridgehead atoms. The summed E-state index contributed by atoms with van der Waals surface area (Å²) in [5.74, 6) is 0. The molecule has 4 nitrogen and oxygen atoms in total. The van der Waals surface area contributed by atoms with Crippen LogP contribution >= 0.6 is 0 Å². The van der Waals surface area contributed by atoms with Crippen LogP contribution in [0.2, 0.25) is 0 Å². The Balaban J connectivity index is 1.65. The lowest BCUT2D eigenvalue weighted by atomic mass is 10.3. The molecule has 1 aliphatic rings. The summed E-state index contributed by atoms with van der Waals surface area (Å²) in [6.45, 7) is 6.78. The van der Waals surface area contributed by atoms with Crippen molar-refractivity contribution in [3.63, 3.8) is 0 Å². The summed E-state index contributed by atoms with van der Waals surface area (Å²) >= 11 is 0. The highest BCUT2D eigenvalue weighted by Crippen LogP contribution is 2.11. The average Bonchev–Trinajstić information content (AvgIpc) is 2.64. The van der Waals surface area contributed by atoms with Crippen LogP contribution in [0.3, 0.4) is 0 Å². The summed E-state index contributed by atoms with van der Waals surface area (Å²) < 4.78 is 2.26. The number of benzene rings is 1. The number of aromatic nitrogens is 2. The van der Waals surface area contributed by atoms with Crippen molar-refractivity contribution in [1.29, 1.82) is 0 Å². The van der Waals surface area contributed by atoms with E-state index in [9.17, 15) is 0 Å². The molecule has 0 unspecified atom stereocenters. The van der Waals surface area contributed by atoms with Crippen LogP contribution in [0.5, 0.6) is 0 Å². The minimum atomic E-state index is 1.03. The zero-order valence-corrected chi connectivity index (χ0v) is 10.7. The topological polar surface area (TPSA) is 33.1 Å². The van der Waals surface area contributed by atoms with E-state index < -0.39 is 0 Å². The molecule has 0 amide bonds. The first-order valence-electron chi connectivity index (χ1n) is 6.76. The molecule has 0 atom stereocenters. The lowest BCUT2D eigenvalue weighted by Gasteiger charge is -2.19. The van der Waals surface area contributed by atoms with Gasteiger partial charge in [-0.2, -0.15) is 0 Å². The van der Waals surface area contributed by atoms with Gasteiger partial charge in [-0.05, 0) is 31.6 Å². The molecule has 1 N–H and O–H groups in total. The molecular weight excluding hydrogens is 224 g/mol. The molecule has 1 fully saturated rings. The van der Waals surface area contributed by atoms with Crippen molar-refractivity contribution in [3.05, 3.63) is 30.6 Å². The van der Waals surface area contributed by atoms with E-state index in [0.29, 0.717) is 0 Å². The third-order valence-corrected chi connectivity index (χ3v) is 3.62. The number of para-hydroxylation sites is 2. The van der Waals surface area contributed by atoms with Crippen molar-refractivity contribution in [1.82, 2.24) is 19.8 Å². The Kier molecular flexibility index (Phi) is 3.57. The van der Waals surface area contributed by atoms with E-state index in [4.69, 9.17) is 0 Å². The minimum absolute atomic E-state index is 1.03. The summed E-state index contributed by atoms with van der Waals surface area (Å²) in [6.07, 6.45) is 3.21. The van der Waals surface area contributed by atoms with E-state index in [1.807, 2.05) is 12.4 Å². The first-order chi connectivity index (χ1) is 8.93. The summed E-state index contributed by atoms with van der Waals surface area (Å²) in [5.41, 5.74) is 2.33. The van der Waals surface area contributed by atoms with Crippen molar-refractivity contribution >= 4 is 11.0 Å². The van der Waals surface area contributed by atoms with Gasteiger partial charge in [0.1, 0.15) is 0 Å². The number of imidazole rings is 1. The van der Waals surface area contributed by atoms with Crippen LogP contribution in [0.25, 0.3) is 11.0 Å². The van der Waals surface area contributed by atoms with Crippen molar-refractivity contribution in [2.75, 3.05) is 32.7 Å². The van der Waals surface area contributed by atoms with Crippen molar-refractivity contribution in [3.8, 4) is 0 Å². The number of hydrogen-bond donors (Lipinski definition) is 1. The van der Waals surface area contributed by atoms with Gasteiger partial charge in [-0.15, -0.1) is 0 Å². The fourth-order valence-electron chi connectivity index (χ4n) is 2.56. The molecule has 3 rings (SSSR count). The third-order valence-electron chi connectivity index (χ3n) is 3.62. The smallest absolute Gasteiger partial charge is 0.0958 e. The highest BCUT2D eigenvalue weighted by Gasteiger charge is 2.09. The molecule has 4 heteroatoms. The predicted octanol–water partition coefficient (Wildman–Crippen LogP) is 1.33. The number of hydrogen-bond acceptors (Lipinski definition) is 3. The molecule has 0 radical (unpaired) electrons. The largest absolute Gasteiger partial charge is 0.329 e. The Hall–Kier alpha value is -1.39. The van der Waals surface area contributed by atoms with Crippen LogP contribution in [-0.2, 0) is 6.54 Å². The van der Waals surface area contributed by atoms with Gasteiger partial charge in [0.25, 0.3) is 0 Å². The van der Waals surface area contributed by atoms with Gasteiger partial charge in [0, 0.05) is 26.2 Å². The molecule has 0 aliphatic carbocycles. The average molecular weight is 244 g/mol. The fourth-order valence-corrected chi connectivity index (χ4v) is 2.56. The number of nitrogens with zero attached hydrogens (tertiary/aromatic N) is 3. The van der Waals surface area contributed by atoms with Gasteiger partial charge in [-0.3, -0.25) is 0 Å². The molecule has 1 aliphatic heterocycles. The monoisotopic (exact) mass is 244 g/mol. The van der Waals surface area contributed by atoms with Crippen molar-refractivity contribution in [2.24, 2.45) is 0 Å². The van der Waals surface area contributed by atoms with Gasteiger partial charge < -0.3 is 14.8 Å². The summed E-state index contributed by atoms with van der Waals surface area (Å²) in [4.78, 5) is 6.97. The molecule has 1 aromatic heterocycles. The van der Waals surface area contributed by atoms with E-state index in [2.05, 4.69) is 38.0 Å². The van der Waals surface area contributed by atoms with Crippen LogP contribution < -0.4 is 5.32 Å². The Labute approximate surface area is 108 Å². The van der Waals surface area contributed by atoms with Crippen molar-refractivity contribution < 1.29 is 0 Å². The Bertz CT molecular complexity index is 497. The second-order valence-electron chi connectivity index (χ2n) is 4.87. The zero-order chi connectivity index (χ0) is 12.2. The van der Waals surface area contributed by atoms with Gasteiger partial charge in [0.15, 0.2) is 0 Å². The number of fused-ring (bicyclic) bond motifs is 1. The van der Waals surface area contributed by atoms with Gasteiger partial charge in [0.2, 0.25) is 0 Å². The van der Waals surface area contributed by atoms with E-state index in [1.165, 1.54) is 18.5 Å². The highest BCUT2D eigenvalue weighted by atomic mass is 15.2. The molecule has 0 spiro atoms. The second kappa shape index (κ2) is 5.50. The summed E-state index contributed by atoms with van der Waals surface area (Å²) in [6, 6.07) is 8.34. The fraction of sp³-hybridized carbons (Fsp3) is 0.500. The normalized spacial score (nSPS) is 18.0. The summed E-state index contributed by atoms with van der Waals surface area (Å²) in [7, 11) is 0. The van der Waals surface area contributed by atoms with E-state index in [0.717, 1.165) is 38.2 Å². The van der Waals surface area contributed by atoms with Gasteiger partial charge in [-0.25, -0.2) is 4.98 Å². The number of nitrogens with one attached hydrogen (secondary N) is 1. The van der Waals surface area contributed by atoms with E-state index >= 15 is 0 Å². The zero-order valence-electron chi connectivity index (χ0n) is 10.7. The SMILES string of the molecule is c1ccc2c(c1)ncn2CCN1CCCNCC1. The maximum absolute atomic E-state index is 4.43. The second-order valence-corrected chi connectivity index (χ2v) is 4.87. The van der Waals surface area contributed by atoms with Crippen LogP contribution in [0.1, 0.15) is 6.42 Å². The van der Waals surface area contributed by atoms with Crippen molar-refractivity contribution in [2.45, 2.75) is 13.0 Å². The van der Waals surface area contributed by atoms with Gasteiger partial charge >= 0.3 is 0 Å². The maximum atomic E-state index is 4.43. The lowest BCUT2D eigenvalue weighted by molar-refractivity contribution is 0.281. The highest BCUT2D eigenvalue weighted by molar-refractivity contribution is 5.74. The van der Waals surface area contributed by atoms with E-state index in [-0.39, 0.29) is 0 Å². The maximum Gasteiger partial charge on any atom is 0.0958 e. The summed E-state index contributed by atoms with van der Waals surface area (Å²) in [5, 5.41) is 3.44. The standard InChI is InChI=1S/C14H20N4/c1-2-5-14-13(4-1)16-12-18(14)11-10-17-8-3-6-15-7-9-17/h1-2,4-5,12,15H,3,6-11H2. The molecule has 18 heavy (non-hydrogen) atoms. The number of rotatable bonds is 3. The molecule has 2 heterocycles. The third kappa shape index (κ3) is 2.54. The van der Waals surface area contributed by atoms with Gasteiger partial charge in [0.05, 0.1) is 17.4 Å². The molecule has 0 saturated carbocycles. The molecular formula is C14H20N4. The van der Waals surface area contributed by atoms with Gasteiger partial charge in [-0.1, -0.05) is 12.1 Å². The molecule has 1 saturated heterocycles. The molecule has 2 aromatic rings. The van der Waals surface area contributed by atoms with Crippen LogP contribution in [0.15, 0.2) is 30.6 Å². The Morgan fingerprint density at radius 3 is 3.06 bits per heavy atom. The Morgan fingerprint density at radius 2 is 2.06 bits per heavy atom. The first kappa shape index (κ1) is 11.7. The first-order valence-corrected chi connectivity index (χ1v) is 6.76. The molecule has 96 valence electrons. The lowest BCUT2D eigenvalue weighted by Crippen LogP contribution is -2.31. The Morgan fingerprint density at radius 1 is 1.11 bits per heavy atom. The quantitative estimate of drug-likeness (QED) is 0.884. The minimum Gasteiger partial charge on any atom is -0.329 e. The van der Waals surface area contributed by atoms with Crippen LogP contribution in [0.4, 0.5) is 0 Å². The molecule has 1 aromatic carbocycles. The predicted molar refractivity (Wildman–Crippen MR) is 73.7 cm³/mol. The van der Waals surface area contributed by atoms with Crippen LogP contribution in [-0.4, -0.2) is 47.2 Å².